The maximum atomic E-state index is 4.32. The molecule has 2 rings (SSSR count). The van der Waals surface area contributed by atoms with Gasteiger partial charge in [0, 0.05) is 23.0 Å². The molecule has 0 aliphatic heterocycles. The molecule has 2 heterocycles. The summed E-state index contributed by atoms with van der Waals surface area (Å²) in [5.74, 6) is 0.898. The van der Waals surface area contributed by atoms with E-state index in [4.69, 9.17) is 0 Å². The van der Waals surface area contributed by atoms with Gasteiger partial charge in [0.1, 0.15) is 5.52 Å². The number of pyridine rings is 2. The highest BCUT2D eigenvalue weighted by atomic mass is 32.2. The second-order valence-corrected chi connectivity index (χ2v) is 3.84. The van der Waals surface area contributed by atoms with Gasteiger partial charge in [0.2, 0.25) is 0 Å². The Kier molecular flexibility index (Phi) is 2.79. The van der Waals surface area contributed by atoms with Gasteiger partial charge in [-0.05, 0) is 18.2 Å². The Labute approximate surface area is 87.1 Å². The van der Waals surface area contributed by atoms with Crippen LogP contribution in [-0.4, -0.2) is 15.7 Å². The Morgan fingerprint density at radius 1 is 1.29 bits per heavy atom. The number of rotatable bonds is 3. The molecule has 3 heteroatoms. The monoisotopic (exact) mass is 202 g/mol. The summed E-state index contributed by atoms with van der Waals surface area (Å²) in [6, 6.07) is 5.86. The Morgan fingerprint density at radius 3 is 3.07 bits per heavy atom. The Hall–Kier alpha value is -1.35. The highest BCUT2D eigenvalue weighted by Gasteiger charge is 2.01. The molecule has 0 saturated heterocycles. The molecule has 0 spiro atoms. The number of thioether (sulfide) groups is 1. The molecule has 0 aliphatic rings. The van der Waals surface area contributed by atoms with Crippen molar-refractivity contribution in [2.45, 2.75) is 4.90 Å². The molecule has 2 aromatic rings. The van der Waals surface area contributed by atoms with Gasteiger partial charge in [-0.3, -0.25) is 9.97 Å². The average Bonchev–Trinajstić information content (AvgIpc) is 2.26. The van der Waals surface area contributed by atoms with Gasteiger partial charge in [0.25, 0.3) is 0 Å². The zero-order valence-corrected chi connectivity index (χ0v) is 8.50. The second kappa shape index (κ2) is 4.24. The fourth-order valence-electron chi connectivity index (χ4n) is 1.22. The molecule has 0 atom stereocenters. The van der Waals surface area contributed by atoms with Crippen molar-refractivity contribution in [3.63, 3.8) is 0 Å². The van der Waals surface area contributed by atoms with Crippen LogP contribution >= 0.6 is 11.8 Å². The highest BCUT2D eigenvalue weighted by molar-refractivity contribution is 7.99. The number of hydrogen-bond acceptors (Lipinski definition) is 3. The van der Waals surface area contributed by atoms with Gasteiger partial charge < -0.3 is 0 Å². The lowest BCUT2D eigenvalue weighted by atomic mass is 10.3. The fourth-order valence-corrected chi connectivity index (χ4v) is 1.97. The molecule has 0 bridgehead atoms. The molecule has 0 aromatic carbocycles. The first-order chi connectivity index (χ1) is 6.92. The zero-order chi connectivity index (χ0) is 9.80. The van der Waals surface area contributed by atoms with Crippen LogP contribution in [0.3, 0.4) is 0 Å². The van der Waals surface area contributed by atoms with Crippen LogP contribution in [-0.2, 0) is 0 Å². The lowest BCUT2D eigenvalue weighted by molar-refractivity contribution is 1.28. The summed E-state index contributed by atoms with van der Waals surface area (Å²) < 4.78 is 0. The van der Waals surface area contributed by atoms with E-state index in [1.54, 1.807) is 18.0 Å². The van der Waals surface area contributed by atoms with Crippen LogP contribution in [0.1, 0.15) is 0 Å². The van der Waals surface area contributed by atoms with E-state index in [1.165, 1.54) is 0 Å². The topological polar surface area (TPSA) is 25.8 Å². The summed E-state index contributed by atoms with van der Waals surface area (Å²) in [4.78, 5) is 9.73. The van der Waals surface area contributed by atoms with Gasteiger partial charge in [-0.1, -0.05) is 6.08 Å². The van der Waals surface area contributed by atoms with Gasteiger partial charge in [0.15, 0.2) is 0 Å². The molecular weight excluding hydrogens is 192 g/mol. The molecule has 0 N–H and O–H groups in total. The van der Waals surface area contributed by atoms with Crippen LogP contribution in [0.2, 0.25) is 0 Å². The lowest BCUT2D eigenvalue weighted by Crippen LogP contribution is -1.85. The first-order valence-electron chi connectivity index (χ1n) is 4.35. The standard InChI is InChI=1S/C11H10N2S/c1-2-8-14-10-5-7-12-9-4-3-6-13-11(9)10/h2-7H,1,8H2. The van der Waals surface area contributed by atoms with Crippen molar-refractivity contribution in [2.75, 3.05) is 5.75 Å². The van der Waals surface area contributed by atoms with E-state index in [1.807, 2.05) is 30.5 Å². The summed E-state index contributed by atoms with van der Waals surface area (Å²) in [5.41, 5.74) is 1.92. The summed E-state index contributed by atoms with van der Waals surface area (Å²) in [7, 11) is 0. The van der Waals surface area contributed by atoms with Crippen LogP contribution in [0, 0.1) is 0 Å². The van der Waals surface area contributed by atoms with Crippen LogP contribution in [0.15, 0.2) is 48.1 Å². The number of aromatic nitrogens is 2. The third-order valence-electron chi connectivity index (χ3n) is 1.82. The molecule has 0 amide bonds. The molecule has 0 saturated carbocycles. The second-order valence-electron chi connectivity index (χ2n) is 2.78. The van der Waals surface area contributed by atoms with Crippen molar-refractivity contribution in [3.8, 4) is 0 Å². The van der Waals surface area contributed by atoms with E-state index in [2.05, 4.69) is 16.5 Å². The molecule has 70 valence electrons. The Morgan fingerprint density at radius 2 is 2.21 bits per heavy atom. The first kappa shape index (κ1) is 9.21. The van der Waals surface area contributed by atoms with Gasteiger partial charge in [-0.15, -0.1) is 18.3 Å². The van der Waals surface area contributed by atoms with Crippen molar-refractivity contribution in [1.82, 2.24) is 9.97 Å². The number of hydrogen-bond donors (Lipinski definition) is 0. The van der Waals surface area contributed by atoms with Gasteiger partial charge in [0.05, 0.1) is 5.52 Å². The van der Waals surface area contributed by atoms with Crippen LogP contribution in [0.4, 0.5) is 0 Å². The van der Waals surface area contributed by atoms with Gasteiger partial charge in [-0.2, -0.15) is 0 Å². The normalized spacial score (nSPS) is 10.3. The zero-order valence-electron chi connectivity index (χ0n) is 7.68. The van der Waals surface area contributed by atoms with E-state index in [-0.39, 0.29) is 0 Å². The summed E-state index contributed by atoms with van der Waals surface area (Å²) >= 11 is 1.73. The minimum Gasteiger partial charge on any atom is -0.255 e. The molecular formula is C11H10N2S. The maximum Gasteiger partial charge on any atom is 0.102 e. The van der Waals surface area contributed by atoms with Gasteiger partial charge in [-0.25, -0.2) is 0 Å². The maximum absolute atomic E-state index is 4.32. The molecule has 2 aromatic heterocycles. The largest absolute Gasteiger partial charge is 0.255 e. The number of nitrogens with zero attached hydrogens (tertiary/aromatic N) is 2. The summed E-state index contributed by atoms with van der Waals surface area (Å²) in [5, 5.41) is 0. The van der Waals surface area contributed by atoms with Crippen molar-refractivity contribution in [2.24, 2.45) is 0 Å². The third-order valence-corrected chi connectivity index (χ3v) is 2.86. The molecule has 0 radical (unpaired) electrons. The quantitative estimate of drug-likeness (QED) is 0.565. The van der Waals surface area contributed by atoms with Crippen molar-refractivity contribution >= 4 is 22.8 Å². The predicted molar refractivity (Wildman–Crippen MR) is 60.5 cm³/mol. The smallest absolute Gasteiger partial charge is 0.102 e. The fraction of sp³-hybridized carbons (Fsp3) is 0.0909. The first-order valence-corrected chi connectivity index (χ1v) is 5.34. The van der Waals surface area contributed by atoms with Crippen molar-refractivity contribution in [3.05, 3.63) is 43.2 Å². The van der Waals surface area contributed by atoms with E-state index >= 15 is 0 Å². The predicted octanol–water partition coefficient (Wildman–Crippen LogP) is 2.91. The average molecular weight is 202 g/mol. The Bertz CT molecular complexity index is 448. The van der Waals surface area contributed by atoms with Crippen LogP contribution < -0.4 is 0 Å². The van der Waals surface area contributed by atoms with Crippen molar-refractivity contribution < 1.29 is 0 Å². The highest BCUT2D eigenvalue weighted by Crippen LogP contribution is 2.24. The Balaban J connectivity index is 2.48. The number of fused-ring (bicyclic) bond motifs is 1. The van der Waals surface area contributed by atoms with E-state index in [9.17, 15) is 0 Å². The summed E-state index contributed by atoms with van der Waals surface area (Å²) in [6.45, 7) is 3.70. The lowest BCUT2D eigenvalue weighted by Gasteiger charge is -2.01. The van der Waals surface area contributed by atoms with Gasteiger partial charge >= 0.3 is 0 Å². The molecule has 0 fully saturated rings. The molecule has 14 heavy (non-hydrogen) atoms. The van der Waals surface area contributed by atoms with E-state index in [0.29, 0.717) is 0 Å². The molecule has 2 nitrogen and oxygen atoms in total. The SMILES string of the molecule is C=CCSc1ccnc2cccnc12. The van der Waals surface area contributed by atoms with E-state index in [0.717, 1.165) is 21.7 Å². The van der Waals surface area contributed by atoms with Crippen molar-refractivity contribution in [1.29, 1.82) is 0 Å². The summed E-state index contributed by atoms with van der Waals surface area (Å²) in [6.07, 6.45) is 5.50. The molecule has 0 unspecified atom stereocenters. The minimum atomic E-state index is 0.898. The molecule has 0 aliphatic carbocycles. The van der Waals surface area contributed by atoms with E-state index < -0.39 is 0 Å². The van der Waals surface area contributed by atoms with Crippen LogP contribution in [0.25, 0.3) is 11.0 Å². The third kappa shape index (κ3) is 1.77. The van der Waals surface area contributed by atoms with Crippen LogP contribution in [0.5, 0.6) is 0 Å². The minimum absolute atomic E-state index is 0.898.